The molecule has 0 atom stereocenters. The summed E-state index contributed by atoms with van der Waals surface area (Å²) in [7, 11) is 0. The molecular weight excluding hydrogens is 374 g/mol. The van der Waals surface area contributed by atoms with Crippen LogP contribution in [0.4, 0.5) is 5.69 Å². The summed E-state index contributed by atoms with van der Waals surface area (Å²) in [6, 6.07) is 5.93. The number of amides is 1. The van der Waals surface area contributed by atoms with E-state index in [0.29, 0.717) is 17.4 Å². The highest BCUT2D eigenvalue weighted by Crippen LogP contribution is 2.37. The molecule has 0 spiro atoms. The molecule has 2 heterocycles. The third-order valence-corrected chi connectivity index (χ3v) is 3.88. The molecule has 1 aliphatic carbocycles. The molecule has 19 heavy (non-hydrogen) atoms. The largest absolute Gasteiger partial charge is 0.339 e. The van der Waals surface area contributed by atoms with Gasteiger partial charge in [0.2, 0.25) is 0 Å². The lowest BCUT2D eigenvalue weighted by atomic mass is 10.3. The van der Waals surface area contributed by atoms with Crippen molar-refractivity contribution in [2.45, 2.75) is 18.9 Å². The van der Waals surface area contributed by atoms with Gasteiger partial charge in [0.1, 0.15) is 10.3 Å². The van der Waals surface area contributed by atoms with Crippen molar-refractivity contribution >= 4 is 43.5 Å². The first kappa shape index (κ1) is 12.9. The number of aromatic nitrogens is 2. The molecule has 0 bridgehead atoms. The molecule has 0 aliphatic heterocycles. The van der Waals surface area contributed by atoms with E-state index < -0.39 is 0 Å². The molecule has 1 aliphatic rings. The summed E-state index contributed by atoms with van der Waals surface area (Å²) < 4.78 is 3.71. The molecule has 98 valence electrons. The van der Waals surface area contributed by atoms with Crippen molar-refractivity contribution in [2.24, 2.45) is 0 Å². The van der Waals surface area contributed by atoms with Crippen LogP contribution in [0.3, 0.4) is 0 Å². The predicted octanol–water partition coefficient (Wildman–Crippen LogP) is 4.00. The summed E-state index contributed by atoms with van der Waals surface area (Å²) in [6.45, 7) is 0. The first-order valence-electron chi connectivity index (χ1n) is 5.94. The number of rotatable bonds is 3. The van der Waals surface area contributed by atoms with E-state index in [-0.39, 0.29) is 5.91 Å². The van der Waals surface area contributed by atoms with E-state index in [2.05, 4.69) is 42.2 Å². The second-order valence-corrected chi connectivity index (χ2v) is 6.23. The number of nitrogens with zero attached hydrogens (tertiary/aromatic N) is 2. The second kappa shape index (κ2) is 5.09. The van der Waals surface area contributed by atoms with Gasteiger partial charge in [0.15, 0.2) is 0 Å². The molecule has 3 rings (SSSR count). The van der Waals surface area contributed by atoms with E-state index in [9.17, 15) is 4.79 Å². The third-order valence-electron chi connectivity index (χ3n) is 2.97. The molecule has 4 nitrogen and oxygen atoms in total. The van der Waals surface area contributed by atoms with E-state index in [1.807, 2.05) is 22.9 Å². The quantitative estimate of drug-likeness (QED) is 0.813. The van der Waals surface area contributed by atoms with Crippen molar-refractivity contribution in [3.8, 4) is 0 Å². The van der Waals surface area contributed by atoms with Crippen molar-refractivity contribution in [1.29, 1.82) is 0 Å². The fraction of sp³-hybridized carbons (Fsp3) is 0.231. The van der Waals surface area contributed by atoms with Crippen LogP contribution < -0.4 is 5.32 Å². The van der Waals surface area contributed by atoms with Crippen molar-refractivity contribution < 1.29 is 4.79 Å². The Balaban J connectivity index is 1.82. The van der Waals surface area contributed by atoms with E-state index in [0.717, 1.165) is 21.9 Å². The fourth-order valence-corrected chi connectivity index (χ4v) is 2.60. The molecule has 2 aromatic heterocycles. The molecule has 1 saturated carbocycles. The van der Waals surface area contributed by atoms with Gasteiger partial charge in [-0.05, 0) is 62.9 Å². The number of hydrogen-bond acceptors (Lipinski definition) is 2. The summed E-state index contributed by atoms with van der Waals surface area (Å²) in [5.41, 5.74) is 1.37. The van der Waals surface area contributed by atoms with E-state index in [1.165, 1.54) is 0 Å². The zero-order valence-corrected chi connectivity index (χ0v) is 13.1. The molecule has 6 heteroatoms. The lowest BCUT2D eigenvalue weighted by molar-refractivity contribution is 0.101. The first-order valence-corrected chi connectivity index (χ1v) is 7.52. The molecule has 1 fully saturated rings. The Bertz CT molecular complexity index is 617. The highest BCUT2D eigenvalue weighted by molar-refractivity contribution is 9.10. The zero-order chi connectivity index (χ0) is 13.4. The predicted molar refractivity (Wildman–Crippen MR) is 80.3 cm³/mol. The van der Waals surface area contributed by atoms with Crippen molar-refractivity contribution in [3.05, 3.63) is 45.4 Å². The fourth-order valence-electron chi connectivity index (χ4n) is 1.93. The molecule has 0 saturated heterocycles. The molecule has 1 amide bonds. The number of nitrogens with one attached hydrogen (secondary N) is 1. The highest BCUT2D eigenvalue weighted by atomic mass is 79.9. The third kappa shape index (κ3) is 2.90. The average Bonchev–Trinajstić information content (AvgIpc) is 3.15. The van der Waals surface area contributed by atoms with Gasteiger partial charge in [-0.2, -0.15) is 0 Å². The van der Waals surface area contributed by atoms with E-state index in [4.69, 9.17) is 0 Å². The van der Waals surface area contributed by atoms with Gasteiger partial charge in [-0.15, -0.1) is 0 Å². The van der Waals surface area contributed by atoms with Crippen LogP contribution in [0.15, 0.2) is 39.7 Å². The van der Waals surface area contributed by atoms with Crippen LogP contribution in [0.25, 0.3) is 0 Å². The maximum Gasteiger partial charge on any atom is 0.272 e. The van der Waals surface area contributed by atoms with Crippen LogP contribution in [0.2, 0.25) is 0 Å². The van der Waals surface area contributed by atoms with Crippen LogP contribution in [-0.4, -0.2) is 15.5 Å². The molecule has 2 aromatic rings. The normalized spacial score (nSPS) is 14.4. The van der Waals surface area contributed by atoms with Gasteiger partial charge in [-0.3, -0.25) is 4.79 Å². The van der Waals surface area contributed by atoms with Crippen molar-refractivity contribution in [2.75, 3.05) is 5.32 Å². The zero-order valence-electron chi connectivity index (χ0n) is 9.94. The number of halogens is 2. The number of carbonyl (C=O) groups is 1. The standard InChI is InChI=1S/C13H11Br2N3O/c14-8-5-11(18(7-8)10-2-3-10)13(19)17-9-1-4-12(15)16-6-9/h1,4-7,10H,2-3H2,(H,17,19). The van der Waals surface area contributed by atoms with Gasteiger partial charge >= 0.3 is 0 Å². The first-order chi connectivity index (χ1) is 9.13. The lowest BCUT2D eigenvalue weighted by Crippen LogP contribution is -2.16. The number of pyridine rings is 1. The average molecular weight is 385 g/mol. The van der Waals surface area contributed by atoms with Crippen LogP contribution >= 0.6 is 31.9 Å². The summed E-state index contributed by atoms with van der Waals surface area (Å²) >= 11 is 6.69. The minimum absolute atomic E-state index is 0.110. The molecule has 0 unspecified atom stereocenters. The van der Waals surface area contributed by atoms with Gasteiger partial charge in [0.05, 0.1) is 11.9 Å². The Morgan fingerprint density at radius 1 is 1.37 bits per heavy atom. The molecule has 0 radical (unpaired) electrons. The number of carbonyl (C=O) groups excluding carboxylic acids is 1. The van der Waals surface area contributed by atoms with Gasteiger partial charge in [-0.1, -0.05) is 0 Å². The Hall–Kier alpha value is -1.14. The van der Waals surface area contributed by atoms with E-state index in [1.54, 1.807) is 12.3 Å². The minimum Gasteiger partial charge on any atom is -0.339 e. The van der Waals surface area contributed by atoms with Crippen LogP contribution in [-0.2, 0) is 0 Å². The maximum absolute atomic E-state index is 12.3. The summed E-state index contributed by atoms with van der Waals surface area (Å²) in [5, 5.41) is 2.86. The Morgan fingerprint density at radius 3 is 2.79 bits per heavy atom. The lowest BCUT2D eigenvalue weighted by Gasteiger charge is -2.08. The Kier molecular flexibility index (Phi) is 3.45. The Labute approximate surface area is 127 Å². The van der Waals surface area contributed by atoms with Gasteiger partial charge < -0.3 is 9.88 Å². The maximum atomic E-state index is 12.3. The smallest absolute Gasteiger partial charge is 0.272 e. The highest BCUT2D eigenvalue weighted by Gasteiger charge is 2.27. The van der Waals surface area contributed by atoms with Gasteiger partial charge in [0, 0.05) is 16.7 Å². The summed E-state index contributed by atoms with van der Waals surface area (Å²) in [4.78, 5) is 16.4. The molecule has 1 N–H and O–H groups in total. The monoisotopic (exact) mass is 383 g/mol. The van der Waals surface area contributed by atoms with Crippen molar-refractivity contribution in [1.82, 2.24) is 9.55 Å². The van der Waals surface area contributed by atoms with Crippen LogP contribution in [0, 0.1) is 0 Å². The van der Waals surface area contributed by atoms with Crippen LogP contribution in [0.1, 0.15) is 29.4 Å². The van der Waals surface area contributed by atoms with Gasteiger partial charge in [0.25, 0.3) is 5.91 Å². The summed E-state index contributed by atoms with van der Waals surface area (Å²) in [6.07, 6.45) is 5.87. The molecule has 0 aromatic carbocycles. The minimum atomic E-state index is -0.110. The SMILES string of the molecule is O=C(Nc1ccc(Br)nc1)c1cc(Br)cn1C1CC1. The van der Waals surface area contributed by atoms with Crippen molar-refractivity contribution in [3.63, 3.8) is 0 Å². The number of hydrogen-bond donors (Lipinski definition) is 1. The van der Waals surface area contributed by atoms with Gasteiger partial charge in [-0.25, -0.2) is 4.98 Å². The van der Waals surface area contributed by atoms with Crippen LogP contribution in [0.5, 0.6) is 0 Å². The second-order valence-electron chi connectivity index (χ2n) is 4.51. The topological polar surface area (TPSA) is 46.9 Å². The Morgan fingerprint density at radius 2 is 2.16 bits per heavy atom. The molecular formula is C13H11Br2N3O. The van der Waals surface area contributed by atoms with E-state index >= 15 is 0 Å². The summed E-state index contributed by atoms with van der Waals surface area (Å²) in [5.74, 6) is -0.110. The number of anilines is 1.